The molecule has 4 rings (SSSR count). The summed E-state index contributed by atoms with van der Waals surface area (Å²) in [5.74, 6) is -0.359. The van der Waals surface area contributed by atoms with Crippen LogP contribution in [0.15, 0.2) is 4.79 Å². The van der Waals surface area contributed by atoms with Crippen LogP contribution in [0, 0.1) is 0 Å². The van der Waals surface area contributed by atoms with Crippen LogP contribution in [-0.4, -0.2) is 38.2 Å². The van der Waals surface area contributed by atoms with Crippen molar-refractivity contribution in [2.24, 2.45) is 0 Å². The first-order chi connectivity index (χ1) is 13.6. The molecule has 0 saturated carbocycles. The molecule has 11 heteroatoms. The van der Waals surface area contributed by atoms with Crippen molar-refractivity contribution in [3.8, 4) is 0 Å². The molecule has 1 aliphatic carbocycles. The van der Waals surface area contributed by atoms with Crippen LogP contribution in [0.3, 0.4) is 0 Å². The average molecular weight is 421 g/mol. The zero-order valence-electron chi connectivity index (χ0n) is 15.6. The minimum absolute atomic E-state index is 0.247. The number of carbonyl (C=O) groups is 1. The summed E-state index contributed by atoms with van der Waals surface area (Å²) in [5.41, 5.74) is 0.840. The minimum Gasteiger partial charge on any atom is -0.377 e. The number of methoxy groups -OCH3 is 1. The van der Waals surface area contributed by atoms with Crippen LogP contribution in [0.25, 0.3) is 10.2 Å². The van der Waals surface area contributed by atoms with E-state index >= 15 is 0 Å². The Morgan fingerprint density at radius 2 is 2.07 bits per heavy atom. The van der Waals surface area contributed by atoms with E-state index in [-0.39, 0.29) is 11.5 Å². The van der Waals surface area contributed by atoms with E-state index < -0.39 is 6.04 Å². The predicted molar refractivity (Wildman–Crippen MR) is 107 cm³/mol. The van der Waals surface area contributed by atoms with Crippen molar-refractivity contribution in [3.63, 3.8) is 0 Å². The molecule has 1 aliphatic rings. The number of nitrogens with zero attached hydrogens (tertiary/aromatic N) is 5. The third-order valence-corrected chi connectivity index (χ3v) is 6.74. The van der Waals surface area contributed by atoms with E-state index in [1.54, 1.807) is 18.4 Å². The second kappa shape index (κ2) is 8.02. The van der Waals surface area contributed by atoms with Crippen molar-refractivity contribution in [2.45, 2.75) is 51.7 Å². The van der Waals surface area contributed by atoms with Crippen LogP contribution >= 0.6 is 22.7 Å². The summed E-state index contributed by atoms with van der Waals surface area (Å²) in [6.45, 7) is 2.16. The molecule has 9 nitrogen and oxygen atoms in total. The number of rotatable bonds is 6. The van der Waals surface area contributed by atoms with Crippen LogP contribution in [-0.2, 0) is 29.0 Å². The van der Waals surface area contributed by atoms with Gasteiger partial charge < -0.3 is 4.74 Å². The highest BCUT2D eigenvalue weighted by Gasteiger charge is 2.26. The number of aryl methyl sites for hydroxylation is 2. The maximum absolute atomic E-state index is 13.2. The lowest BCUT2D eigenvalue weighted by molar-refractivity contribution is -0.119. The van der Waals surface area contributed by atoms with E-state index in [1.807, 2.05) is 6.92 Å². The molecule has 0 saturated heterocycles. The lowest BCUT2D eigenvalue weighted by Gasteiger charge is -2.15. The second-order valence-electron chi connectivity index (χ2n) is 6.58. The van der Waals surface area contributed by atoms with Crippen LogP contribution in [0.1, 0.15) is 47.7 Å². The Morgan fingerprint density at radius 3 is 2.86 bits per heavy atom. The van der Waals surface area contributed by atoms with Gasteiger partial charge in [0.25, 0.3) is 11.5 Å². The van der Waals surface area contributed by atoms with Crippen LogP contribution in [0.4, 0.5) is 5.13 Å². The fourth-order valence-electron chi connectivity index (χ4n) is 3.43. The molecule has 1 amide bonds. The normalized spacial score (nSPS) is 14.8. The van der Waals surface area contributed by atoms with Crippen molar-refractivity contribution in [2.75, 3.05) is 12.4 Å². The Morgan fingerprint density at radius 1 is 1.25 bits per heavy atom. The molecule has 0 bridgehead atoms. The lowest BCUT2D eigenvalue weighted by atomic mass is 9.97. The maximum Gasteiger partial charge on any atom is 0.279 e. The van der Waals surface area contributed by atoms with E-state index in [0.717, 1.165) is 31.2 Å². The number of nitrogens with one attached hydrogen (secondary N) is 1. The Hall–Kier alpha value is -2.24. The molecule has 3 aromatic rings. The van der Waals surface area contributed by atoms with E-state index in [4.69, 9.17) is 4.74 Å². The number of carbonyl (C=O) groups excluding carboxylic acids is 1. The summed E-state index contributed by atoms with van der Waals surface area (Å²) < 4.78 is 6.22. The van der Waals surface area contributed by atoms with Crippen molar-refractivity contribution < 1.29 is 9.53 Å². The lowest BCUT2D eigenvalue weighted by Crippen LogP contribution is -2.35. The zero-order chi connectivity index (χ0) is 19.7. The highest BCUT2D eigenvalue weighted by atomic mass is 32.1. The number of anilines is 1. The van der Waals surface area contributed by atoms with Crippen molar-refractivity contribution in [3.05, 3.63) is 25.8 Å². The monoisotopic (exact) mass is 420 g/mol. The number of ether oxygens (including phenoxy) is 1. The molecule has 3 aromatic heterocycles. The second-order valence-corrected chi connectivity index (χ2v) is 8.72. The largest absolute Gasteiger partial charge is 0.377 e. The fourth-order valence-corrected chi connectivity index (χ4v) is 5.35. The van der Waals surface area contributed by atoms with Gasteiger partial charge in [-0.2, -0.15) is 4.68 Å². The molecule has 0 spiro atoms. The molecular formula is C17H20N6O3S2. The van der Waals surface area contributed by atoms with E-state index in [9.17, 15) is 9.59 Å². The Balaban J connectivity index is 1.65. The molecule has 0 aliphatic heterocycles. The number of thiophene rings is 1. The van der Waals surface area contributed by atoms with Gasteiger partial charge in [-0.1, -0.05) is 23.5 Å². The Kier molecular flexibility index (Phi) is 5.47. The summed E-state index contributed by atoms with van der Waals surface area (Å²) in [6, 6.07) is -0.765. The minimum atomic E-state index is -0.765. The van der Waals surface area contributed by atoms with Gasteiger partial charge in [0.05, 0.1) is 5.39 Å². The molecule has 1 unspecified atom stereocenters. The van der Waals surface area contributed by atoms with Gasteiger partial charge in [0.15, 0.2) is 4.83 Å². The zero-order valence-corrected chi connectivity index (χ0v) is 17.2. The standard InChI is InChI=1S/C17H20N6O3S2/c1-3-10(14(24)18-17-21-19-12(28-17)8-26-2)23-16(25)13-9-6-4-5-7-11(9)27-15(13)20-22-23/h10H,3-8H2,1-2H3,(H,18,21,24). The number of fused-ring (bicyclic) bond motifs is 3. The summed E-state index contributed by atoms with van der Waals surface area (Å²) in [5, 5.41) is 20.6. The summed E-state index contributed by atoms with van der Waals surface area (Å²) in [7, 11) is 1.57. The van der Waals surface area contributed by atoms with E-state index in [0.29, 0.717) is 33.4 Å². The molecule has 28 heavy (non-hydrogen) atoms. The first kappa shape index (κ1) is 19.1. The average Bonchev–Trinajstić information content (AvgIpc) is 3.28. The smallest absolute Gasteiger partial charge is 0.279 e. The van der Waals surface area contributed by atoms with E-state index in [1.165, 1.54) is 20.9 Å². The molecule has 148 valence electrons. The fraction of sp³-hybridized carbons (Fsp3) is 0.529. The molecule has 0 radical (unpaired) electrons. The number of hydrogen-bond acceptors (Lipinski definition) is 9. The first-order valence-electron chi connectivity index (χ1n) is 9.14. The molecule has 1 atom stereocenters. The molecule has 0 fully saturated rings. The molecule has 0 aromatic carbocycles. The van der Waals surface area contributed by atoms with Gasteiger partial charge in [-0.3, -0.25) is 14.9 Å². The van der Waals surface area contributed by atoms with Gasteiger partial charge in [-0.05, 0) is 37.7 Å². The van der Waals surface area contributed by atoms with Crippen molar-refractivity contribution in [1.29, 1.82) is 0 Å². The van der Waals surface area contributed by atoms with Crippen LogP contribution in [0.2, 0.25) is 0 Å². The number of hydrogen-bond donors (Lipinski definition) is 1. The topological polar surface area (TPSA) is 112 Å². The molecule has 1 N–H and O–H groups in total. The quantitative estimate of drug-likeness (QED) is 0.651. The summed E-state index contributed by atoms with van der Waals surface area (Å²) in [4.78, 5) is 27.8. The van der Waals surface area contributed by atoms with Gasteiger partial charge in [-0.15, -0.1) is 26.6 Å². The third-order valence-electron chi connectivity index (χ3n) is 4.76. The number of amides is 1. The Labute approximate surface area is 168 Å². The predicted octanol–water partition coefficient (Wildman–Crippen LogP) is 2.32. The van der Waals surface area contributed by atoms with E-state index in [2.05, 4.69) is 25.8 Å². The highest BCUT2D eigenvalue weighted by Crippen LogP contribution is 2.33. The van der Waals surface area contributed by atoms with Gasteiger partial charge in [0.1, 0.15) is 17.7 Å². The SMILES string of the molecule is CCC(C(=O)Nc1nnc(COC)s1)n1nnc2sc3c(c2c1=O)CCCC3. The summed E-state index contributed by atoms with van der Waals surface area (Å²) >= 11 is 2.78. The van der Waals surface area contributed by atoms with Gasteiger partial charge in [0.2, 0.25) is 5.13 Å². The third kappa shape index (κ3) is 3.45. The molecular weight excluding hydrogens is 400 g/mol. The number of aromatic nitrogens is 5. The van der Waals surface area contributed by atoms with Crippen LogP contribution < -0.4 is 10.9 Å². The molecule has 3 heterocycles. The summed E-state index contributed by atoms with van der Waals surface area (Å²) in [6.07, 6.45) is 4.47. The Bertz CT molecular complexity index is 1070. The highest BCUT2D eigenvalue weighted by molar-refractivity contribution is 7.18. The van der Waals surface area contributed by atoms with Gasteiger partial charge >= 0.3 is 0 Å². The first-order valence-corrected chi connectivity index (χ1v) is 10.8. The van der Waals surface area contributed by atoms with Gasteiger partial charge in [-0.25, -0.2) is 0 Å². The van der Waals surface area contributed by atoms with Gasteiger partial charge in [0, 0.05) is 12.0 Å². The van der Waals surface area contributed by atoms with Crippen molar-refractivity contribution >= 4 is 43.9 Å². The van der Waals surface area contributed by atoms with Crippen LogP contribution in [0.5, 0.6) is 0 Å². The van der Waals surface area contributed by atoms with Crippen molar-refractivity contribution in [1.82, 2.24) is 25.2 Å². The maximum atomic E-state index is 13.2.